The molecular formula is C24H29ClN4O4. The number of nitrogens with zero attached hydrogens (tertiary/aromatic N) is 4. The van der Waals surface area contributed by atoms with Gasteiger partial charge in [-0.05, 0) is 57.6 Å². The van der Waals surface area contributed by atoms with Gasteiger partial charge in [-0.15, -0.1) is 0 Å². The van der Waals surface area contributed by atoms with Crippen LogP contribution in [0.15, 0.2) is 18.3 Å². The van der Waals surface area contributed by atoms with Crippen molar-refractivity contribution in [2.45, 2.75) is 76.5 Å². The van der Waals surface area contributed by atoms with E-state index in [1.165, 1.54) is 0 Å². The number of piperidine rings is 1. The molecule has 5 rings (SSSR count). The van der Waals surface area contributed by atoms with Gasteiger partial charge in [-0.2, -0.15) is 5.10 Å². The van der Waals surface area contributed by atoms with E-state index >= 15 is 0 Å². The quantitative estimate of drug-likeness (QED) is 0.597. The van der Waals surface area contributed by atoms with Crippen LogP contribution in [-0.2, 0) is 28.9 Å². The monoisotopic (exact) mass is 472 g/mol. The highest BCUT2D eigenvalue weighted by atomic mass is 35.5. The van der Waals surface area contributed by atoms with Crippen LogP contribution in [0.4, 0.5) is 0 Å². The predicted octanol–water partition coefficient (Wildman–Crippen LogP) is 3.59. The molecule has 1 aliphatic heterocycles. The maximum atomic E-state index is 13.4. The predicted molar refractivity (Wildman–Crippen MR) is 121 cm³/mol. The van der Waals surface area contributed by atoms with Crippen molar-refractivity contribution in [1.82, 2.24) is 19.7 Å². The van der Waals surface area contributed by atoms with Gasteiger partial charge in [0.15, 0.2) is 5.69 Å². The fourth-order valence-corrected chi connectivity index (χ4v) is 5.41. The number of aromatic nitrogens is 3. The summed E-state index contributed by atoms with van der Waals surface area (Å²) in [6.45, 7) is 2.88. The van der Waals surface area contributed by atoms with Crippen LogP contribution in [0.2, 0.25) is 5.02 Å². The minimum atomic E-state index is -0.397. The van der Waals surface area contributed by atoms with E-state index in [1.54, 1.807) is 29.9 Å². The van der Waals surface area contributed by atoms with Gasteiger partial charge in [-0.1, -0.05) is 11.6 Å². The molecule has 2 aliphatic carbocycles. The summed E-state index contributed by atoms with van der Waals surface area (Å²) in [5.74, 6) is 0.106. The molecule has 0 aromatic carbocycles. The lowest BCUT2D eigenvalue weighted by atomic mass is 9.95. The van der Waals surface area contributed by atoms with Crippen LogP contribution in [0.1, 0.15) is 67.2 Å². The van der Waals surface area contributed by atoms with Crippen LogP contribution in [0.3, 0.4) is 0 Å². The van der Waals surface area contributed by atoms with Gasteiger partial charge in [-0.3, -0.25) is 9.48 Å². The largest absolute Gasteiger partial charge is 0.473 e. The Morgan fingerprint density at radius 1 is 1.27 bits per heavy atom. The topological polar surface area (TPSA) is 86.5 Å². The Hall–Kier alpha value is -2.61. The third-order valence-electron chi connectivity index (χ3n) is 7.00. The second kappa shape index (κ2) is 8.97. The number of carbonyl (C=O) groups is 2. The molecule has 3 heterocycles. The van der Waals surface area contributed by atoms with Gasteiger partial charge in [0, 0.05) is 42.4 Å². The van der Waals surface area contributed by atoms with Crippen molar-refractivity contribution in [2.24, 2.45) is 0 Å². The van der Waals surface area contributed by atoms with Crippen molar-refractivity contribution in [3.8, 4) is 5.88 Å². The maximum absolute atomic E-state index is 13.4. The molecular weight excluding hydrogens is 444 g/mol. The minimum absolute atomic E-state index is 0.0168. The van der Waals surface area contributed by atoms with Crippen molar-refractivity contribution in [2.75, 3.05) is 13.2 Å². The van der Waals surface area contributed by atoms with Gasteiger partial charge >= 0.3 is 5.97 Å². The molecule has 33 heavy (non-hydrogen) atoms. The summed E-state index contributed by atoms with van der Waals surface area (Å²) < 4.78 is 13.0. The third kappa shape index (κ3) is 4.33. The van der Waals surface area contributed by atoms with E-state index in [0.717, 1.165) is 62.6 Å². The first kappa shape index (κ1) is 22.2. The lowest BCUT2D eigenvalue weighted by Gasteiger charge is -2.40. The van der Waals surface area contributed by atoms with E-state index in [0.29, 0.717) is 29.7 Å². The number of esters is 1. The van der Waals surface area contributed by atoms with E-state index < -0.39 is 5.97 Å². The Balaban J connectivity index is 1.29. The Bertz CT molecular complexity index is 1060. The number of hydrogen-bond donors (Lipinski definition) is 0. The number of carbonyl (C=O) groups excluding carboxylic acids is 2. The van der Waals surface area contributed by atoms with Gasteiger partial charge in [0.25, 0.3) is 0 Å². The van der Waals surface area contributed by atoms with Crippen molar-refractivity contribution >= 4 is 23.5 Å². The SMILES string of the molecule is CCOC(=O)c1nn(CC(=O)N2CC[C@H](Oc3ncccc3Cl)CC23CC3)c2c1CCCC2. The summed E-state index contributed by atoms with van der Waals surface area (Å²) in [6, 6.07) is 3.55. The Labute approximate surface area is 198 Å². The van der Waals surface area contributed by atoms with Gasteiger partial charge < -0.3 is 14.4 Å². The molecule has 2 aromatic heterocycles. The molecule has 0 unspecified atom stereocenters. The van der Waals surface area contributed by atoms with Gasteiger partial charge in [0.05, 0.1) is 6.61 Å². The van der Waals surface area contributed by atoms with Crippen LogP contribution >= 0.6 is 11.6 Å². The fraction of sp³-hybridized carbons (Fsp3) is 0.583. The van der Waals surface area contributed by atoms with E-state index in [4.69, 9.17) is 21.1 Å². The van der Waals surface area contributed by atoms with Crippen LogP contribution < -0.4 is 4.74 Å². The van der Waals surface area contributed by atoms with Gasteiger partial charge in [-0.25, -0.2) is 9.78 Å². The first-order valence-electron chi connectivity index (χ1n) is 11.8. The van der Waals surface area contributed by atoms with E-state index in [2.05, 4.69) is 10.1 Å². The van der Waals surface area contributed by atoms with Crippen LogP contribution in [0.25, 0.3) is 0 Å². The third-order valence-corrected chi connectivity index (χ3v) is 7.28. The molecule has 1 atom stereocenters. The highest BCUT2D eigenvalue weighted by Gasteiger charge is 2.54. The second-order valence-corrected chi connectivity index (χ2v) is 9.56. The Morgan fingerprint density at radius 2 is 2.09 bits per heavy atom. The number of ether oxygens (including phenoxy) is 2. The summed E-state index contributed by atoms with van der Waals surface area (Å²) in [4.78, 5) is 32.1. The molecule has 2 aromatic rings. The van der Waals surface area contributed by atoms with Gasteiger partial charge in [0.1, 0.15) is 17.7 Å². The molecule has 3 aliphatic rings. The van der Waals surface area contributed by atoms with E-state index in [1.807, 2.05) is 4.90 Å². The fourth-order valence-electron chi connectivity index (χ4n) is 5.25. The number of halogens is 1. The van der Waals surface area contributed by atoms with Crippen molar-refractivity contribution in [1.29, 1.82) is 0 Å². The molecule has 176 valence electrons. The zero-order valence-electron chi connectivity index (χ0n) is 18.9. The number of rotatable bonds is 6. The summed E-state index contributed by atoms with van der Waals surface area (Å²) in [6.07, 6.45) is 8.80. The van der Waals surface area contributed by atoms with Gasteiger partial charge in [0.2, 0.25) is 11.8 Å². The molecule has 0 radical (unpaired) electrons. The number of likely N-dealkylation sites (tertiary alicyclic amines) is 1. The molecule has 9 heteroatoms. The Kier molecular flexibility index (Phi) is 6.03. The summed E-state index contributed by atoms with van der Waals surface area (Å²) in [5.41, 5.74) is 2.18. The van der Waals surface area contributed by atoms with E-state index in [9.17, 15) is 9.59 Å². The number of hydrogen-bond acceptors (Lipinski definition) is 6. The molecule has 2 fully saturated rings. The molecule has 0 bridgehead atoms. The molecule has 1 amide bonds. The van der Waals surface area contributed by atoms with Crippen molar-refractivity contribution in [3.63, 3.8) is 0 Å². The average Bonchev–Trinajstić information content (AvgIpc) is 3.47. The first-order chi connectivity index (χ1) is 16.0. The lowest BCUT2D eigenvalue weighted by Crippen LogP contribution is -2.51. The van der Waals surface area contributed by atoms with Crippen molar-refractivity contribution < 1.29 is 19.1 Å². The zero-order valence-corrected chi connectivity index (χ0v) is 19.6. The summed E-state index contributed by atoms with van der Waals surface area (Å²) in [5, 5.41) is 5.04. The molecule has 1 spiro atoms. The van der Waals surface area contributed by atoms with Crippen LogP contribution in [-0.4, -0.2) is 56.3 Å². The second-order valence-electron chi connectivity index (χ2n) is 9.15. The standard InChI is InChI=1S/C24H29ClN4O4/c1-2-32-23(31)21-17-6-3-4-8-19(17)29(27-21)15-20(30)28-13-9-16(14-24(28)10-11-24)33-22-18(25)7-5-12-26-22/h5,7,12,16H,2-4,6,8-11,13-15H2,1H3/t16-/m0/s1. The van der Waals surface area contributed by atoms with Crippen LogP contribution in [0.5, 0.6) is 5.88 Å². The maximum Gasteiger partial charge on any atom is 0.359 e. The highest BCUT2D eigenvalue weighted by Crippen LogP contribution is 2.49. The Morgan fingerprint density at radius 3 is 2.85 bits per heavy atom. The summed E-state index contributed by atoms with van der Waals surface area (Å²) in [7, 11) is 0. The average molecular weight is 473 g/mol. The molecule has 0 N–H and O–H groups in total. The zero-order chi connectivity index (χ0) is 23.0. The molecule has 1 saturated heterocycles. The number of amides is 1. The molecule has 1 saturated carbocycles. The smallest absolute Gasteiger partial charge is 0.359 e. The number of fused-ring (bicyclic) bond motifs is 1. The van der Waals surface area contributed by atoms with E-state index in [-0.39, 0.29) is 24.1 Å². The molecule has 8 nitrogen and oxygen atoms in total. The normalized spacial score (nSPS) is 20.9. The minimum Gasteiger partial charge on any atom is -0.473 e. The van der Waals surface area contributed by atoms with Crippen molar-refractivity contribution in [3.05, 3.63) is 40.3 Å². The summed E-state index contributed by atoms with van der Waals surface area (Å²) >= 11 is 6.21. The lowest BCUT2D eigenvalue weighted by molar-refractivity contribution is -0.138. The van der Waals surface area contributed by atoms with Crippen LogP contribution in [0, 0.1) is 0 Å². The first-order valence-corrected chi connectivity index (χ1v) is 12.2. The number of pyridine rings is 1. The highest BCUT2D eigenvalue weighted by molar-refractivity contribution is 6.31.